The second kappa shape index (κ2) is 10.2. The van der Waals surface area contributed by atoms with Crippen LogP contribution in [0, 0.1) is 19.7 Å². The summed E-state index contributed by atoms with van der Waals surface area (Å²) in [5, 5.41) is 7.41. The Morgan fingerprint density at radius 1 is 0.976 bits per heavy atom. The van der Waals surface area contributed by atoms with Crippen molar-refractivity contribution in [3.63, 3.8) is 0 Å². The fourth-order valence-corrected chi connectivity index (χ4v) is 4.74. The van der Waals surface area contributed by atoms with Crippen LogP contribution in [0.5, 0.6) is 11.5 Å². The molecule has 0 unspecified atom stereocenters. The number of aromatic nitrogens is 4. The third kappa shape index (κ3) is 4.76. The third-order valence-electron chi connectivity index (χ3n) is 6.63. The molecule has 3 heterocycles. The Hall–Kier alpha value is -5.51. The number of carbonyl (C=O) groups excluding carboxylic acids is 1. The van der Waals surface area contributed by atoms with Crippen LogP contribution >= 0.6 is 0 Å². The number of ether oxygens (including phenoxy) is 1. The average molecular weight is 550 g/mol. The summed E-state index contributed by atoms with van der Waals surface area (Å²) < 4.78 is 29.2. The van der Waals surface area contributed by atoms with Crippen molar-refractivity contribution in [1.29, 1.82) is 0 Å². The first kappa shape index (κ1) is 25.8. The lowest BCUT2D eigenvalue weighted by Gasteiger charge is -2.11. The highest BCUT2D eigenvalue weighted by Crippen LogP contribution is 2.32. The van der Waals surface area contributed by atoms with E-state index < -0.39 is 17.3 Å². The van der Waals surface area contributed by atoms with E-state index in [1.54, 1.807) is 61.2 Å². The highest BCUT2D eigenvalue weighted by atomic mass is 19.1. The van der Waals surface area contributed by atoms with E-state index in [4.69, 9.17) is 9.26 Å². The molecule has 10 heteroatoms. The van der Waals surface area contributed by atoms with E-state index in [1.807, 2.05) is 31.2 Å². The first-order valence-corrected chi connectivity index (χ1v) is 12.8. The van der Waals surface area contributed by atoms with E-state index in [1.165, 1.54) is 16.8 Å². The van der Waals surface area contributed by atoms with Gasteiger partial charge in [-0.05, 0) is 61.9 Å². The largest absolute Gasteiger partial charge is 0.454 e. The molecule has 0 spiro atoms. The highest BCUT2D eigenvalue weighted by Gasteiger charge is 2.28. The van der Waals surface area contributed by atoms with Gasteiger partial charge in [0.2, 0.25) is 0 Å². The van der Waals surface area contributed by atoms with Crippen molar-refractivity contribution in [2.24, 2.45) is 7.05 Å². The van der Waals surface area contributed by atoms with Gasteiger partial charge in [0.05, 0.1) is 11.2 Å². The molecule has 3 aromatic carbocycles. The number of amides is 1. The second-order valence-corrected chi connectivity index (χ2v) is 9.55. The van der Waals surface area contributed by atoms with Gasteiger partial charge >= 0.3 is 0 Å². The van der Waals surface area contributed by atoms with Gasteiger partial charge in [0.25, 0.3) is 11.5 Å². The van der Waals surface area contributed by atoms with Crippen LogP contribution in [-0.2, 0) is 7.05 Å². The van der Waals surface area contributed by atoms with Crippen molar-refractivity contribution < 1.29 is 18.4 Å². The minimum atomic E-state index is -0.723. The molecule has 0 bridgehead atoms. The average Bonchev–Trinajstić information content (AvgIpc) is 3.49. The lowest BCUT2D eigenvalue weighted by molar-refractivity contribution is 0.102. The van der Waals surface area contributed by atoms with E-state index in [0.29, 0.717) is 22.9 Å². The van der Waals surface area contributed by atoms with E-state index >= 15 is 4.39 Å². The van der Waals surface area contributed by atoms with Gasteiger partial charge in [-0.25, -0.2) is 9.07 Å². The van der Waals surface area contributed by atoms with Gasteiger partial charge in [-0.15, -0.1) is 0 Å². The zero-order chi connectivity index (χ0) is 28.7. The smallest absolute Gasteiger partial charge is 0.285 e. The fraction of sp³-hybridized carbons (Fsp3) is 0.0968. The molecule has 9 nitrogen and oxygen atoms in total. The van der Waals surface area contributed by atoms with E-state index in [0.717, 1.165) is 22.5 Å². The van der Waals surface area contributed by atoms with Crippen molar-refractivity contribution in [3.05, 3.63) is 118 Å². The molecule has 1 amide bonds. The molecule has 204 valence electrons. The molecule has 0 aliphatic heterocycles. The maximum absolute atomic E-state index is 15.2. The number of hydrogen-bond acceptors (Lipinski definition) is 6. The predicted molar refractivity (Wildman–Crippen MR) is 152 cm³/mol. The highest BCUT2D eigenvalue weighted by molar-refractivity contribution is 6.08. The van der Waals surface area contributed by atoms with Gasteiger partial charge in [0.1, 0.15) is 28.5 Å². The van der Waals surface area contributed by atoms with Gasteiger partial charge in [0, 0.05) is 36.5 Å². The number of para-hydroxylation sites is 1. The zero-order valence-corrected chi connectivity index (χ0v) is 22.4. The molecule has 0 radical (unpaired) electrons. The summed E-state index contributed by atoms with van der Waals surface area (Å²) >= 11 is 0. The predicted octanol–water partition coefficient (Wildman–Crippen LogP) is 6.18. The summed E-state index contributed by atoms with van der Waals surface area (Å²) in [6, 6.07) is 22.0. The van der Waals surface area contributed by atoms with Crippen LogP contribution in [0.25, 0.3) is 28.0 Å². The quantitative estimate of drug-likeness (QED) is 0.266. The minimum Gasteiger partial charge on any atom is -0.454 e. The van der Waals surface area contributed by atoms with Gasteiger partial charge in [-0.2, -0.15) is 0 Å². The molecule has 0 saturated carbocycles. The van der Waals surface area contributed by atoms with Gasteiger partial charge < -0.3 is 14.6 Å². The first-order chi connectivity index (χ1) is 19.8. The number of pyridine rings is 1. The van der Waals surface area contributed by atoms with E-state index in [9.17, 15) is 9.59 Å². The van der Waals surface area contributed by atoms with Crippen LogP contribution < -0.4 is 15.6 Å². The molecule has 0 atom stereocenters. The Balaban J connectivity index is 1.33. The summed E-state index contributed by atoms with van der Waals surface area (Å²) in [6.45, 7) is 3.67. The number of nitrogens with one attached hydrogen (secondary N) is 1. The normalized spacial score (nSPS) is 11.1. The molecule has 0 saturated heterocycles. The molecule has 1 N–H and O–H groups in total. The number of anilines is 1. The van der Waals surface area contributed by atoms with Crippen molar-refractivity contribution in [2.45, 2.75) is 13.8 Å². The molecule has 0 fully saturated rings. The van der Waals surface area contributed by atoms with E-state index in [-0.39, 0.29) is 22.7 Å². The van der Waals surface area contributed by atoms with Crippen LogP contribution in [0.1, 0.15) is 21.7 Å². The van der Waals surface area contributed by atoms with Crippen LogP contribution in [0.15, 0.2) is 94.4 Å². The molecule has 6 rings (SSSR count). The SMILES string of the molecule is Cc1ccc2c(Oc3ccc(NC(=O)c4c(-c5cc(C)on5)n(C)n(-c5ccccc5)c4=O)cc3F)ccnc2c1. The summed E-state index contributed by atoms with van der Waals surface area (Å²) in [5.41, 5.74) is 2.33. The van der Waals surface area contributed by atoms with Crippen LogP contribution in [0.2, 0.25) is 0 Å². The van der Waals surface area contributed by atoms with Gasteiger partial charge in [-0.3, -0.25) is 19.3 Å². The van der Waals surface area contributed by atoms with Gasteiger partial charge in [0.15, 0.2) is 11.6 Å². The summed E-state index contributed by atoms with van der Waals surface area (Å²) in [5.74, 6) is -0.479. The van der Waals surface area contributed by atoms with Crippen molar-refractivity contribution in [2.75, 3.05) is 5.32 Å². The Morgan fingerprint density at radius 2 is 1.78 bits per heavy atom. The number of benzene rings is 3. The molecule has 0 aliphatic carbocycles. The summed E-state index contributed by atoms with van der Waals surface area (Å²) in [4.78, 5) is 31.5. The monoisotopic (exact) mass is 549 g/mol. The number of rotatable bonds is 6. The third-order valence-corrected chi connectivity index (χ3v) is 6.63. The number of hydrogen-bond donors (Lipinski definition) is 1. The fourth-order valence-electron chi connectivity index (χ4n) is 4.74. The maximum Gasteiger partial charge on any atom is 0.285 e. The topological polar surface area (TPSA) is 104 Å². The van der Waals surface area contributed by atoms with E-state index in [2.05, 4.69) is 15.5 Å². The lowest BCUT2D eigenvalue weighted by atomic mass is 10.1. The van der Waals surface area contributed by atoms with Gasteiger partial charge in [-0.1, -0.05) is 29.4 Å². The maximum atomic E-state index is 15.2. The van der Waals surface area contributed by atoms with Crippen LogP contribution in [0.3, 0.4) is 0 Å². The standard InChI is InChI=1S/C31H24FN5O4/c1-18-9-11-22-24(15-18)33-14-13-26(22)40-27-12-10-20(17-23(27)32)34-30(38)28-29(25-16-19(2)41-35-25)36(3)37(31(28)39)21-7-5-4-6-8-21/h4-17H,1-3H3,(H,34,38). The van der Waals surface area contributed by atoms with Crippen molar-refractivity contribution in [1.82, 2.24) is 19.5 Å². The van der Waals surface area contributed by atoms with Crippen LogP contribution in [-0.4, -0.2) is 25.4 Å². The summed E-state index contributed by atoms with van der Waals surface area (Å²) in [6.07, 6.45) is 1.60. The van der Waals surface area contributed by atoms with Crippen molar-refractivity contribution >= 4 is 22.5 Å². The Kier molecular flexibility index (Phi) is 6.43. The lowest BCUT2D eigenvalue weighted by Crippen LogP contribution is -2.25. The molecular formula is C31H24FN5O4. The molecule has 3 aromatic heterocycles. The number of aryl methyl sites for hydroxylation is 2. The zero-order valence-electron chi connectivity index (χ0n) is 22.4. The number of halogens is 1. The molecule has 6 aromatic rings. The molecule has 41 heavy (non-hydrogen) atoms. The number of nitrogens with zero attached hydrogens (tertiary/aromatic N) is 4. The molecule has 0 aliphatic rings. The number of fused-ring (bicyclic) bond motifs is 1. The Bertz CT molecular complexity index is 1990. The Morgan fingerprint density at radius 3 is 2.51 bits per heavy atom. The minimum absolute atomic E-state index is 0.0269. The second-order valence-electron chi connectivity index (χ2n) is 9.55. The Labute approximate surface area is 233 Å². The number of carbonyl (C=O) groups is 1. The summed E-state index contributed by atoms with van der Waals surface area (Å²) in [7, 11) is 1.65. The van der Waals surface area contributed by atoms with Crippen molar-refractivity contribution in [3.8, 4) is 28.6 Å². The first-order valence-electron chi connectivity index (χ1n) is 12.8. The molecular weight excluding hydrogens is 525 g/mol. The van der Waals surface area contributed by atoms with Crippen LogP contribution in [0.4, 0.5) is 10.1 Å².